The number of phosphoric ester groups is 1. The van der Waals surface area contributed by atoms with E-state index in [0.29, 0.717) is 0 Å². The molecule has 3 heterocycles. The third-order valence-electron chi connectivity index (χ3n) is 4.63. The Morgan fingerprint density at radius 1 is 1.45 bits per heavy atom. The van der Waals surface area contributed by atoms with E-state index < -0.39 is 44.4 Å². The van der Waals surface area contributed by atoms with Gasteiger partial charge in [0.15, 0.2) is 6.23 Å². The average molecular weight is 456 g/mol. The second-order valence-corrected chi connectivity index (χ2v) is 8.10. The Kier molecular flexibility index (Phi) is 6.35. The molecule has 3 unspecified atom stereocenters. The van der Waals surface area contributed by atoms with Crippen molar-refractivity contribution in [3.63, 3.8) is 0 Å². The Balaban J connectivity index is 2.03. The number of aliphatic hydroxyl groups is 2. The minimum Gasteiger partial charge on any atom is -0.456 e. The standard InChI is InChI=1S/C17H21N4O9P/c1-3-28-11(22)5-4-9-6-21(15-12(9)14(18)19-8-20-15)16-17(2,24)13(23)10(30-16)7-29-31(25,26)27/h6,8,10,13,16,23-24H,3,7H2,1-2H3,(H2,18,19,20)(H2,25,26,27)/t10?,13?,16?,17-/m1/s1. The van der Waals surface area contributed by atoms with Gasteiger partial charge in [0.1, 0.15) is 35.6 Å². The number of carbonyl (C=O) groups excluding carboxylic acids is 1. The SMILES string of the molecule is CCOC(=O)C#Cc1cn(C2OC(COP(=O)(O)O)C(O)[C@@]2(C)O)c2ncnc(N)c12. The minimum absolute atomic E-state index is 0.0523. The summed E-state index contributed by atoms with van der Waals surface area (Å²) in [4.78, 5) is 37.4. The van der Waals surface area contributed by atoms with Crippen LogP contribution in [-0.2, 0) is 23.4 Å². The predicted molar refractivity (Wildman–Crippen MR) is 104 cm³/mol. The van der Waals surface area contributed by atoms with Gasteiger partial charge in [-0.2, -0.15) is 0 Å². The number of aliphatic hydroxyl groups excluding tert-OH is 1. The number of esters is 1. The van der Waals surface area contributed by atoms with Crippen molar-refractivity contribution >= 4 is 30.6 Å². The van der Waals surface area contributed by atoms with Crippen molar-refractivity contribution in [2.45, 2.75) is 37.9 Å². The first-order valence-electron chi connectivity index (χ1n) is 9.01. The molecular weight excluding hydrogens is 435 g/mol. The summed E-state index contributed by atoms with van der Waals surface area (Å²) >= 11 is 0. The van der Waals surface area contributed by atoms with Crippen LogP contribution in [0, 0.1) is 11.8 Å². The maximum absolute atomic E-state index is 11.6. The molecule has 1 fully saturated rings. The third-order valence-corrected chi connectivity index (χ3v) is 5.11. The van der Waals surface area contributed by atoms with Crippen LogP contribution >= 0.6 is 7.82 Å². The molecule has 6 N–H and O–H groups in total. The first-order valence-corrected chi connectivity index (χ1v) is 10.5. The van der Waals surface area contributed by atoms with Gasteiger partial charge in [-0.25, -0.2) is 19.3 Å². The number of nitrogen functional groups attached to an aromatic ring is 1. The highest BCUT2D eigenvalue weighted by Gasteiger charge is 2.54. The molecule has 31 heavy (non-hydrogen) atoms. The molecule has 2 aromatic heterocycles. The van der Waals surface area contributed by atoms with E-state index in [4.69, 9.17) is 25.0 Å². The number of nitrogens with zero attached hydrogens (tertiary/aromatic N) is 3. The van der Waals surface area contributed by atoms with Gasteiger partial charge < -0.3 is 39.8 Å². The number of hydrogen-bond acceptors (Lipinski definition) is 10. The van der Waals surface area contributed by atoms with Gasteiger partial charge in [-0.1, -0.05) is 5.92 Å². The number of aromatic nitrogens is 3. The van der Waals surface area contributed by atoms with Crippen LogP contribution < -0.4 is 5.73 Å². The molecule has 0 aromatic carbocycles. The molecule has 0 bridgehead atoms. The van der Waals surface area contributed by atoms with E-state index in [1.54, 1.807) is 6.92 Å². The Morgan fingerprint density at radius 2 is 2.16 bits per heavy atom. The summed E-state index contributed by atoms with van der Waals surface area (Å²) in [6.45, 7) is 2.38. The molecule has 2 aromatic rings. The van der Waals surface area contributed by atoms with Crippen molar-refractivity contribution in [1.29, 1.82) is 0 Å². The van der Waals surface area contributed by atoms with Crippen molar-refractivity contribution in [1.82, 2.24) is 14.5 Å². The maximum atomic E-state index is 11.6. The number of nitrogens with two attached hydrogens (primary N) is 1. The number of rotatable bonds is 5. The van der Waals surface area contributed by atoms with Gasteiger partial charge in [0.2, 0.25) is 0 Å². The summed E-state index contributed by atoms with van der Waals surface area (Å²) in [5.41, 5.74) is 4.46. The summed E-state index contributed by atoms with van der Waals surface area (Å²) < 4.78 is 27.1. The Hall–Kier alpha value is -2.56. The summed E-state index contributed by atoms with van der Waals surface area (Å²) in [7, 11) is -4.82. The molecule has 0 spiro atoms. The lowest BCUT2D eigenvalue weighted by Gasteiger charge is -2.27. The smallest absolute Gasteiger partial charge is 0.456 e. The maximum Gasteiger partial charge on any atom is 0.469 e. The lowest BCUT2D eigenvalue weighted by molar-refractivity contribution is -0.136. The van der Waals surface area contributed by atoms with Crippen LogP contribution in [0.3, 0.4) is 0 Å². The van der Waals surface area contributed by atoms with Crippen LogP contribution in [0.4, 0.5) is 5.82 Å². The topological polar surface area (TPSA) is 199 Å². The predicted octanol–water partition coefficient (Wildman–Crippen LogP) is -0.953. The normalized spacial score (nSPS) is 25.9. The molecule has 1 saturated heterocycles. The summed E-state index contributed by atoms with van der Waals surface area (Å²) in [5, 5.41) is 21.6. The van der Waals surface area contributed by atoms with E-state index in [2.05, 4.69) is 26.3 Å². The number of fused-ring (bicyclic) bond motifs is 1. The van der Waals surface area contributed by atoms with Gasteiger partial charge in [0.05, 0.1) is 24.2 Å². The molecule has 4 atom stereocenters. The molecule has 0 amide bonds. The number of phosphoric acid groups is 1. The first-order chi connectivity index (χ1) is 14.5. The minimum atomic E-state index is -4.82. The molecule has 3 rings (SSSR count). The van der Waals surface area contributed by atoms with E-state index >= 15 is 0 Å². The second-order valence-electron chi connectivity index (χ2n) is 6.86. The van der Waals surface area contributed by atoms with Crippen LogP contribution in [0.5, 0.6) is 0 Å². The molecule has 1 aliphatic heterocycles. The number of hydrogen-bond donors (Lipinski definition) is 5. The number of carbonyl (C=O) groups is 1. The molecule has 168 valence electrons. The molecule has 0 radical (unpaired) electrons. The molecular formula is C17H21N4O9P. The molecule has 0 saturated carbocycles. The Morgan fingerprint density at radius 3 is 2.81 bits per heavy atom. The van der Waals surface area contributed by atoms with Crippen molar-refractivity contribution in [2.24, 2.45) is 0 Å². The van der Waals surface area contributed by atoms with Gasteiger partial charge >= 0.3 is 13.8 Å². The van der Waals surface area contributed by atoms with Crippen molar-refractivity contribution < 1.29 is 43.4 Å². The third kappa shape index (κ3) is 4.70. The van der Waals surface area contributed by atoms with Crippen LogP contribution in [0.25, 0.3) is 11.0 Å². The zero-order valence-corrected chi connectivity index (χ0v) is 17.4. The lowest BCUT2D eigenvalue weighted by atomic mass is 9.96. The van der Waals surface area contributed by atoms with Crippen molar-refractivity contribution in [3.05, 3.63) is 18.1 Å². The van der Waals surface area contributed by atoms with Gasteiger partial charge in [0, 0.05) is 12.1 Å². The molecule has 0 aliphatic carbocycles. The average Bonchev–Trinajstić information content (AvgIpc) is 3.14. The fourth-order valence-electron chi connectivity index (χ4n) is 3.22. The summed E-state index contributed by atoms with van der Waals surface area (Å²) in [5.74, 6) is 4.22. The molecule has 1 aliphatic rings. The highest BCUT2D eigenvalue weighted by atomic mass is 31.2. The monoisotopic (exact) mass is 456 g/mol. The summed E-state index contributed by atoms with van der Waals surface area (Å²) in [6.07, 6.45) is -1.51. The fourth-order valence-corrected chi connectivity index (χ4v) is 3.56. The molecule has 14 heteroatoms. The van der Waals surface area contributed by atoms with E-state index in [1.807, 2.05) is 0 Å². The second kappa shape index (κ2) is 8.52. The zero-order valence-electron chi connectivity index (χ0n) is 16.5. The lowest BCUT2D eigenvalue weighted by Crippen LogP contribution is -2.44. The van der Waals surface area contributed by atoms with Crippen LogP contribution in [0.15, 0.2) is 12.5 Å². The van der Waals surface area contributed by atoms with Gasteiger partial charge in [0.25, 0.3) is 0 Å². The van der Waals surface area contributed by atoms with Gasteiger partial charge in [-0.3, -0.25) is 4.52 Å². The first kappa shape index (κ1) is 23.1. The quantitative estimate of drug-likeness (QED) is 0.210. The summed E-state index contributed by atoms with van der Waals surface area (Å²) in [6, 6.07) is 0. The molecule has 13 nitrogen and oxygen atoms in total. The van der Waals surface area contributed by atoms with E-state index in [1.165, 1.54) is 24.0 Å². The largest absolute Gasteiger partial charge is 0.469 e. The number of anilines is 1. The highest BCUT2D eigenvalue weighted by molar-refractivity contribution is 7.46. The Bertz CT molecular complexity index is 1100. The Labute approximate surface area is 176 Å². The number of ether oxygens (including phenoxy) is 2. The van der Waals surface area contributed by atoms with E-state index in [0.717, 1.165) is 0 Å². The zero-order chi connectivity index (χ0) is 23.0. The highest BCUT2D eigenvalue weighted by Crippen LogP contribution is 2.43. The van der Waals surface area contributed by atoms with Crippen LogP contribution in [0.2, 0.25) is 0 Å². The van der Waals surface area contributed by atoms with Crippen molar-refractivity contribution in [3.8, 4) is 11.8 Å². The van der Waals surface area contributed by atoms with Gasteiger partial charge in [-0.05, 0) is 13.8 Å². The van der Waals surface area contributed by atoms with E-state index in [9.17, 15) is 19.6 Å². The van der Waals surface area contributed by atoms with Crippen LogP contribution in [0.1, 0.15) is 25.6 Å². The fraction of sp³-hybridized carbons (Fsp3) is 0.471. The van der Waals surface area contributed by atoms with Crippen molar-refractivity contribution in [2.75, 3.05) is 18.9 Å². The van der Waals surface area contributed by atoms with Gasteiger partial charge in [-0.15, -0.1) is 0 Å². The van der Waals surface area contributed by atoms with Crippen LogP contribution in [-0.4, -0.2) is 71.5 Å². The van der Waals surface area contributed by atoms with E-state index in [-0.39, 0.29) is 29.0 Å².